The topological polar surface area (TPSA) is 103 Å². The molecule has 3 aromatic heterocycles. The zero-order chi connectivity index (χ0) is 17.6. The minimum atomic E-state index is -0.105. The Morgan fingerprint density at radius 2 is 2.08 bits per heavy atom. The van der Waals surface area contributed by atoms with Gasteiger partial charge in [0.25, 0.3) is 5.91 Å². The fourth-order valence-electron chi connectivity index (χ4n) is 2.83. The summed E-state index contributed by atoms with van der Waals surface area (Å²) in [5.74, 6) is 0.480. The van der Waals surface area contributed by atoms with Crippen LogP contribution in [-0.4, -0.2) is 50.1 Å². The maximum absolute atomic E-state index is 12.4. The van der Waals surface area contributed by atoms with Crippen molar-refractivity contribution in [1.82, 2.24) is 30.0 Å². The Hall–Kier alpha value is -3.42. The van der Waals surface area contributed by atoms with Crippen LogP contribution < -0.4 is 5.32 Å². The molecule has 4 aromatic rings. The van der Waals surface area contributed by atoms with E-state index in [1.807, 2.05) is 19.1 Å². The lowest BCUT2D eigenvalue weighted by Crippen LogP contribution is -2.21. The molecular weight excluding hydrogens is 318 g/mol. The van der Waals surface area contributed by atoms with Crippen molar-refractivity contribution in [2.24, 2.45) is 0 Å². The summed E-state index contributed by atoms with van der Waals surface area (Å²) in [5, 5.41) is 12.0. The van der Waals surface area contributed by atoms with E-state index in [-0.39, 0.29) is 5.91 Å². The highest BCUT2D eigenvalue weighted by Crippen LogP contribution is 2.29. The molecule has 1 aromatic carbocycles. The number of anilines is 2. The van der Waals surface area contributed by atoms with Gasteiger partial charge < -0.3 is 15.2 Å². The number of rotatable bonds is 3. The molecule has 25 heavy (non-hydrogen) atoms. The minimum Gasteiger partial charge on any atom is -0.345 e. The average Bonchev–Trinajstić information content (AvgIpc) is 3.21. The third kappa shape index (κ3) is 2.47. The standard InChI is InChI=1S/C17H17N7O/c1-9-4-13-10(6-21-23-13)5-12(9)22-16-14-11(17(25)24(2)3)7-18-15(14)19-8-20-16/h4-8H,1-3H3,(H,21,23)(H2,18,19,20,22). The normalized spacial score (nSPS) is 11.2. The lowest BCUT2D eigenvalue weighted by atomic mass is 10.1. The smallest absolute Gasteiger partial charge is 0.255 e. The number of carbonyl (C=O) groups excluding carboxylic acids is 1. The molecule has 0 aliphatic carbocycles. The van der Waals surface area contributed by atoms with Gasteiger partial charge in [0.1, 0.15) is 17.8 Å². The van der Waals surface area contributed by atoms with Crippen molar-refractivity contribution in [1.29, 1.82) is 0 Å². The first-order chi connectivity index (χ1) is 12.0. The van der Waals surface area contributed by atoms with E-state index in [2.05, 4.69) is 30.5 Å². The Labute approximate surface area is 143 Å². The van der Waals surface area contributed by atoms with E-state index in [4.69, 9.17) is 0 Å². The minimum absolute atomic E-state index is 0.105. The number of fused-ring (bicyclic) bond motifs is 2. The number of H-pyrrole nitrogens is 2. The first-order valence-corrected chi connectivity index (χ1v) is 7.79. The third-order valence-corrected chi connectivity index (χ3v) is 4.14. The Morgan fingerprint density at radius 1 is 1.24 bits per heavy atom. The molecule has 0 unspecified atom stereocenters. The van der Waals surface area contributed by atoms with Crippen molar-refractivity contribution in [3.8, 4) is 0 Å². The maximum atomic E-state index is 12.4. The molecule has 126 valence electrons. The van der Waals surface area contributed by atoms with E-state index in [9.17, 15) is 4.79 Å². The molecule has 3 N–H and O–H groups in total. The molecule has 0 aliphatic heterocycles. The molecule has 0 atom stereocenters. The SMILES string of the molecule is Cc1cc2[nH]ncc2cc1Nc1ncnc2[nH]cc(C(=O)N(C)C)c12. The third-order valence-electron chi connectivity index (χ3n) is 4.14. The molecule has 0 fully saturated rings. The Kier molecular flexibility index (Phi) is 3.38. The van der Waals surface area contributed by atoms with Crippen LogP contribution in [0.1, 0.15) is 15.9 Å². The van der Waals surface area contributed by atoms with Crippen molar-refractivity contribution >= 4 is 39.3 Å². The Morgan fingerprint density at radius 3 is 2.88 bits per heavy atom. The summed E-state index contributed by atoms with van der Waals surface area (Å²) in [6.45, 7) is 2.00. The Balaban J connectivity index is 1.84. The number of nitrogens with one attached hydrogen (secondary N) is 3. The van der Waals surface area contributed by atoms with Crippen molar-refractivity contribution < 1.29 is 4.79 Å². The number of carbonyl (C=O) groups is 1. The number of hydrogen-bond donors (Lipinski definition) is 3. The predicted molar refractivity (Wildman–Crippen MR) is 96.0 cm³/mol. The lowest BCUT2D eigenvalue weighted by Gasteiger charge is -2.12. The average molecular weight is 335 g/mol. The van der Waals surface area contributed by atoms with E-state index in [1.165, 1.54) is 11.2 Å². The molecule has 0 bridgehead atoms. The van der Waals surface area contributed by atoms with Crippen LogP contribution in [0, 0.1) is 6.92 Å². The number of hydrogen-bond acceptors (Lipinski definition) is 5. The van der Waals surface area contributed by atoms with Gasteiger partial charge in [-0.3, -0.25) is 9.89 Å². The van der Waals surface area contributed by atoms with Crippen LogP contribution in [0.4, 0.5) is 11.5 Å². The zero-order valence-corrected chi connectivity index (χ0v) is 14.1. The fraction of sp³-hybridized carbons (Fsp3) is 0.176. The van der Waals surface area contributed by atoms with E-state index in [1.54, 1.807) is 26.5 Å². The summed E-state index contributed by atoms with van der Waals surface area (Å²) in [4.78, 5) is 25.6. The molecular formula is C17H17N7O. The molecule has 4 rings (SSSR count). The van der Waals surface area contributed by atoms with Crippen LogP contribution in [0.5, 0.6) is 0 Å². The zero-order valence-electron chi connectivity index (χ0n) is 14.1. The van der Waals surface area contributed by atoms with Crippen LogP contribution in [0.3, 0.4) is 0 Å². The van der Waals surface area contributed by atoms with Crippen LogP contribution in [0.25, 0.3) is 21.9 Å². The molecule has 0 saturated heterocycles. The maximum Gasteiger partial charge on any atom is 0.255 e. The van der Waals surface area contributed by atoms with Gasteiger partial charge in [0, 0.05) is 31.4 Å². The first kappa shape index (κ1) is 15.1. The van der Waals surface area contributed by atoms with E-state index < -0.39 is 0 Å². The van der Waals surface area contributed by atoms with E-state index in [0.717, 1.165) is 22.2 Å². The van der Waals surface area contributed by atoms with Gasteiger partial charge >= 0.3 is 0 Å². The molecule has 8 nitrogen and oxygen atoms in total. The molecule has 0 radical (unpaired) electrons. The number of aromatic amines is 2. The molecule has 8 heteroatoms. The van der Waals surface area contributed by atoms with Crippen LogP contribution in [0.15, 0.2) is 30.9 Å². The van der Waals surface area contributed by atoms with Crippen molar-refractivity contribution in [3.05, 3.63) is 42.0 Å². The quantitative estimate of drug-likeness (QED) is 0.534. The molecule has 0 saturated carbocycles. The second-order valence-electron chi connectivity index (χ2n) is 6.10. The monoisotopic (exact) mass is 335 g/mol. The van der Waals surface area contributed by atoms with Crippen molar-refractivity contribution in [2.75, 3.05) is 19.4 Å². The highest BCUT2D eigenvalue weighted by Gasteiger charge is 2.19. The van der Waals surface area contributed by atoms with Gasteiger partial charge in [-0.05, 0) is 24.6 Å². The molecule has 3 heterocycles. The second-order valence-corrected chi connectivity index (χ2v) is 6.10. The van der Waals surface area contributed by atoms with Crippen LogP contribution in [0.2, 0.25) is 0 Å². The summed E-state index contributed by atoms with van der Waals surface area (Å²) in [6.07, 6.45) is 4.91. The largest absolute Gasteiger partial charge is 0.345 e. The van der Waals surface area contributed by atoms with Crippen LogP contribution >= 0.6 is 0 Å². The number of nitrogens with zero attached hydrogens (tertiary/aromatic N) is 4. The number of amides is 1. The number of benzene rings is 1. The highest BCUT2D eigenvalue weighted by atomic mass is 16.2. The predicted octanol–water partition coefficient (Wildman–Crippen LogP) is 2.59. The summed E-state index contributed by atoms with van der Waals surface area (Å²) < 4.78 is 0. The van der Waals surface area contributed by atoms with E-state index in [0.29, 0.717) is 22.4 Å². The number of aryl methyl sites for hydroxylation is 1. The Bertz CT molecular complexity index is 1090. The fourth-order valence-corrected chi connectivity index (χ4v) is 2.83. The molecule has 1 amide bonds. The summed E-state index contributed by atoms with van der Waals surface area (Å²) in [7, 11) is 3.43. The molecule has 0 spiro atoms. The van der Waals surface area contributed by atoms with Gasteiger partial charge in [0.2, 0.25) is 0 Å². The molecule has 0 aliphatic rings. The number of aromatic nitrogens is 5. The highest BCUT2D eigenvalue weighted by molar-refractivity contribution is 6.10. The lowest BCUT2D eigenvalue weighted by molar-refractivity contribution is 0.0829. The van der Waals surface area contributed by atoms with E-state index >= 15 is 0 Å². The second kappa shape index (κ2) is 5.59. The van der Waals surface area contributed by atoms with Gasteiger partial charge in [-0.2, -0.15) is 5.10 Å². The van der Waals surface area contributed by atoms with Gasteiger partial charge in [-0.1, -0.05) is 0 Å². The van der Waals surface area contributed by atoms with Gasteiger partial charge in [-0.15, -0.1) is 0 Å². The first-order valence-electron chi connectivity index (χ1n) is 7.79. The van der Waals surface area contributed by atoms with Gasteiger partial charge in [0.05, 0.1) is 22.7 Å². The van der Waals surface area contributed by atoms with Gasteiger partial charge in [-0.25, -0.2) is 9.97 Å². The van der Waals surface area contributed by atoms with Crippen LogP contribution in [-0.2, 0) is 0 Å². The summed E-state index contributed by atoms with van der Waals surface area (Å²) >= 11 is 0. The summed E-state index contributed by atoms with van der Waals surface area (Å²) in [6, 6.07) is 4.02. The summed E-state index contributed by atoms with van der Waals surface area (Å²) in [5.41, 5.74) is 4.06. The van der Waals surface area contributed by atoms with Crippen molar-refractivity contribution in [2.45, 2.75) is 6.92 Å². The van der Waals surface area contributed by atoms with Gasteiger partial charge in [0.15, 0.2) is 0 Å². The van der Waals surface area contributed by atoms with Crippen molar-refractivity contribution in [3.63, 3.8) is 0 Å².